The van der Waals surface area contributed by atoms with Gasteiger partial charge in [0, 0.05) is 31.3 Å². The molecule has 0 saturated carbocycles. The zero-order chi connectivity index (χ0) is 13.1. The molecular formula is C14H25N3O. The Labute approximate surface area is 110 Å². The molecule has 18 heavy (non-hydrogen) atoms. The lowest BCUT2D eigenvalue weighted by atomic mass is 9.92. The van der Waals surface area contributed by atoms with E-state index in [1.165, 1.54) is 17.7 Å². The van der Waals surface area contributed by atoms with Crippen LogP contribution in [0.25, 0.3) is 0 Å². The highest BCUT2D eigenvalue weighted by Crippen LogP contribution is 2.22. The van der Waals surface area contributed by atoms with Gasteiger partial charge in [-0.25, -0.2) is 0 Å². The first-order valence-electron chi connectivity index (χ1n) is 6.93. The van der Waals surface area contributed by atoms with Crippen molar-refractivity contribution in [2.75, 3.05) is 19.8 Å². The average Bonchev–Trinajstić information content (AvgIpc) is 2.93. The summed E-state index contributed by atoms with van der Waals surface area (Å²) < 4.78 is 7.51. The average molecular weight is 251 g/mol. The Kier molecular flexibility index (Phi) is 4.40. The molecule has 4 nitrogen and oxygen atoms in total. The number of aryl methyl sites for hydroxylation is 2. The van der Waals surface area contributed by atoms with Crippen LogP contribution in [0.2, 0.25) is 0 Å². The number of hydrogen-bond acceptors (Lipinski definition) is 3. The predicted molar refractivity (Wildman–Crippen MR) is 72.8 cm³/mol. The lowest BCUT2D eigenvalue weighted by Crippen LogP contribution is -2.38. The summed E-state index contributed by atoms with van der Waals surface area (Å²) in [5.74, 6) is 0.643. The normalized spacial score (nSPS) is 21.4. The Hall–Kier alpha value is -0.870. The number of ether oxygens (including phenoxy) is 1. The number of hydrogen-bond donors (Lipinski definition) is 1. The summed E-state index contributed by atoms with van der Waals surface area (Å²) in [5, 5.41) is 8.13. The van der Waals surface area contributed by atoms with Gasteiger partial charge in [0.2, 0.25) is 0 Å². The first-order chi connectivity index (χ1) is 8.63. The monoisotopic (exact) mass is 251 g/mol. The third kappa shape index (κ3) is 2.75. The minimum atomic E-state index is 0.513. The van der Waals surface area contributed by atoms with Gasteiger partial charge >= 0.3 is 0 Å². The summed E-state index contributed by atoms with van der Waals surface area (Å²) in [4.78, 5) is 0. The largest absolute Gasteiger partial charge is 0.381 e. The van der Waals surface area contributed by atoms with E-state index < -0.39 is 0 Å². The highest BCUT2D eigenvalue weighted by molar-refractivity contribution is 5.25. The zero-order valence-corrected chi connectivity index (χ0v) is 12.0. The number of aromatic nitrogens is 2. The summed E-state index contributed by atoms with van der Waals surface area (Å²) in [6.07, 6.45) is 2.24. The number of nitrogens with zero attached hydrogens (tertiary/aromatic N) is 2. The fourth-order valence-corrected chi connectivity index (χ4v) is 2.87. The Morgan fingerprint density at radius 3 is 2.78 bits per heavy atom. The maximum absolute atomic E-state index is 5.53. The van der Waals surface area contributed by atoms with Gasteiger partial charge in [0.05, 0.1) is 12.3 Å². The molecule has 0 radical (unpaired) electrons. The molecule has 1 fully saturated rings. The van der Waals surface area contributed by atoms with Gasteiger partial charge < -0.3 is 10.1 Å². The van der Waals surface area contributed by atoms with Crippen LogP contribution in [0.5, 0.6) is 0 Å². The van der Waals surface area contributed by atoms with Crippen LogP contribution < -0.4 is 5.32 Å². The van der Waals surface area contributed by atoms with Crippen LogP contribution in [0.15, 0.2) is 0 Å². The highest BCUT2D eigenvalue weighted by atomic mass is 16.5. The van der Waals surface area contributed by atoms with Crippen molar-refractivity contribution in [2.45, 2.75) is 39.7 Å². The van der Waals surface area contributed by atoms with E-state index in [1.54, 1.807) is 0 Å². The Morgan fingerprint density at radius 2 is 2.28 bits per heavy atom. The van der Waals surface area contributed by atoms with Gasteiger partial charge in [-0.15, -0.1) is 0 Å². The summed E-state index contributed by atoms with van der Waals surface area (Å²) in [5.41, 5.74) is 3.85. The fourth-order valence-electron chi connectivity index (χ4n) is 2.87. The van der Waals surface area contributed by atoms with Crippen molar-refractivity contribution in [3.63, 3.8) is 0 Å². The number of rotatable bonds is 5. The first kappa shape index (κ1) is 13.6. The van der Waals surface area contributed by atoms with Crippen LogP contribution >= 0.6 is 0 Å². The molecule has 0 aliphatic carbocycles. The molecular weight excluding hydrogens is 226 g/mol. The smallest absolute Gasteiger partial charge is 0.0628 e. The molecule has 2 unspecified atom stereocenters. The molecule has 0 aromatic carbocycles. The van der Waals surface area contributed by atoms with E-state index in [9.17, 15) is 0 Å². The molecule has 1 aromatic heterocycles. The van der Waals surface area contributed by atoms with E-state index in [-0.39, 0.29) is 0 Å². The molecule has 0 bridgehead atoms. The Morgan fingerprint density at radius 1 is 1.50 bits per heavy atom. The van der Waals surface area contributed by atoms with Crippen molar-refractivity contribution in [1.82, 2.24) is 15.1 Å². The maximum Gasteiger partial charge on any atom is 0.0628 e. The predicted octanol–water partition coefficient (Wildman–Crippen LogP) is 1.59. The highest BCUT2D eigenvalue weighted by Gasteiger charge is 2.26. The van der Waals surface area contributed by atoms with E-state index >= 15 is 0 Å². The second-order valence-electron chi connectivity index (χ2n) is 5.26. The van der Waals surface area contributed by atoms with E-state index in [0.717, 1.165) is 31.9 Å². The van der Waals surface area contributed by atoms with Crippen molar-refractivity contribution in [1.29, 1.82) is 0 Å². The van der Waals surface area contributed by atoms with Gasteiger partial charge in [-0.2, -0.15) is 5.10 Å². The van der Waals surface area contributed by atoms with Gasteiger partial charge in [-0.1, -0.05) is 6.92 Å². The zero-order valence-electron chi connectivity index (χ0n) is 12.0. The molecule has 1 aromatic rings. The van der Waals surface area contributed by atoms with Crippen molar-refractivity contribution in [2.24, 2.45) is 13.0 Å². The second kappa shape index (κ2) is 5.85. The van der Waals surface area contributed by atoms with Crippen LogP contribution in [-0.4, -0.2) is 35.6 Å². The van der Waals surface area contributed by atoms with Gasteiger partial charge in [0.15, 0.2) is 0 Å². The molecule has 1 aliphatic heterocycles. The third-order valence-electron chi connectivity index (χ3n) is 4.08. The van der Waals surface area contributed by atoms with Crippen LogP contribution in [0.3, 0.4) is 0 Å². The minimum Gasteiger partial charge on any atom is -0.381 e. The molecule has 2 heterocycles. The van der Waals surface area contributed by atoms with Crippen molar-refractivity contribution >= 4 is 0 Å². The standard InChI is InChI=1S/C14H25N3O/c1-5-15-14(12-6-7-18-9-12)8-13-10(2)16-17(4)11(13)3/h12,14-15H,5-9H2,1-4H3. The molecule has 0 spiro atoms. The molecule has 0 amide bonds. The van der Waals surface area contributed by atoms with E-state index in [2.05, 4.69) is 31.2 Å². The molecule has 2 rings (SSSR count). The summed E-state index contributed by atoms with van der Waals surface area (Å²) in [6, 6.07) is 0.513. The van der Waals surface area contributed by atoms with E-state index in [4.69, 9.17) is 4.74 Å². The van der Waals surface area contributed by atoms with Crippen molar-refractivity contribution in [3.8, 4) is 0 Å². The van der Waals surface area contributed by atoms with Crippen LogP contribution in [0, 0.1) is 19.8 Å². The summed E-state index contributed by atoms with van der Waals surface area (Å²) >= 11 is 0. The first-order valence-corrected chi connectivity index (χ1v) is 6.93. The van der Waals surface area contributed by atoms with Gasteiger partial charge in [0.1, 0.15) is 0 Å². The summed E-state index contributed by atoms with van der Waals surface area (Å²) in [6.45, 7) is 9.26. The van der Waals surface area contributed by atoms with Crippen molar-refractivity contribution < 1.29 is 4.74 Å². The van der Waals surface area contributed by atoms with Crippen molar-refractivity contribution in [3.05, 3.63) is 17.0 Å². The molecule has 4 heteroatoms. The molecule has 102 valence electrons. The van der Waals surface area contributed by atoms with Gasteiger partial charge in [0.25, 0.3) is 0 Å². The lowest BCUT2D eigenvalue weighted by molar-refractivity contribution is 0.176. The molecule has 1 aliphatic rings. The Bertz CT molecular complexity index is 394. The van der Waals surface area contributed by atoms with E-state index in [0.29, 0.717) is 12.0 Å². The Balaban J connectivity index is 2.12. The molecule has 1 saturated heterocycles. The van der Waals surface area contributed by atoms with Gasteiger partial charge in [-0.3, -0.25) is 4.68 Å². The third-order valence-corrected chi connectivity index (χ3v) is 4.08. The van der Waals surface area contributed by atoms with Gasteiger partial charge in [-0.05, 0) is 38.8 Å². The SMILES string of the molecule is CCNC(Cc1c(C)nn(C)c1C)C1CCOC1. The fraction of sp³-hybridized carbons (Fsp3) is 0.786. The van der Waals surface area contributed by atoms with Crippen LogP contribution in [0.1, 0.15) is 30.3 Å². The topological polar surface area (TPSA) is 39.1 Å². The lowest BCUT2D eigenvalue weighted by Gasteiger charge is -2.23. The maximum atomic E-state index is 5.53. The quantitative estimate of drug-likeness (QED) is 0.864. The van der Waals surface area contributed by atoms with Crippen LogP contribution in [-0.2, 0) is 18.2 Å². The molecule has 1 N–H and O–H groups in total. The minimum absolute atomic E-state index is 0.513. The number of likely N-dealkylation sites (N-methyl/N-ethyl adjacent to an activating group) is 1. The second-order valence-corrected chi connectivity index (χ2v) is 5.26. The number of nitrogens with one attached hydrogen (secondary N) is 1. The van der Waals surface area contributed by atoms with Crippen LogP contribution in [0.4, 0.5) is 0 Å². The summed E-state index contributed by atoms with van der Waals surface area (Å²) in [7, 11) is 2.02. The van der Waals surface area contributed by atoms with E-state index in [1.807, 2.05) is 11.7 Å². The molecule has 2 atom stereocenters.